The monoisotopic (exact) mass is 302 g/mol. The molecule has 1 aromatic carbocycles. The number of nitrogens with zero attached hydrogens (tertiary/aromatic N) is 1. The lowest BCUT2D eigenvalue weighted by Gasteiger charge is -2.08. The van der Waals surface area contributed by atoms with Crippen molar-refractivity contribution in [3.63, 3.8) is 0 Å². The van der Waals surface area contributed by atoms with Gasteiger partial charge in [-0.2, -0.15) is 0 Å². The molecule has 0 unspecified atom stereocenters. The number of nitrogen functional groups attached to an aromatic ring is 1. The van der Waals surface area contributed by atoms with E-state index in [0.717, 1.165) is 31.4 Å². The zero-order valence-corrected chi connectivity index (χ0v) is 11.9. The zero-order chi connectivity index (χ0) is 15.2. The van der Waals surface area contributed by atoms with Gasteiger partial charge >= 0.3 is 0 Å². The first-order valence-electron chi connectivity index (χ1n) is 6.17. The number of nitrogens with two attached hydrogens (primary N) is 1. The summed E-state index contributed by atoms with van der Waals surface area (Å²) < 4.78 is 26.4. The Hall–Kier alpha value is -1.71. The fourth-order valence-electron chi connectivity index (χ4n) is 1.62. The third kappa shape index (κ3) is 4.15. The summed E-state index contributed by atoms with van der Waals surface area (Å²) in [5.74, 6) is 5.17. The van der Waals surface area contributed by atoms with E-state index in [1.807, 2.05) is 6.92 Å². The molecule has 1 rings (SSSR count). The number of unbranched alkanes of at least 4 members (excludes halogenated alkanes) is 2. The summed E-state index contributed by atoms with van der Waals surface area (Å²) in [5.41, 5.74) is 1.80. The molecule has 0 atom stereocenters. The first kappa shape index (κ1) is 16.3. The largest absolute Gasteiger partial charge is 0.318 e. The van der Waals surface area contributed by atoms with Gasteiger partial charge in [0.1, 0.15) is 5.69 Å². The van der Waals surface area contributed by atoms with Crippen LogP contribution in [0.2, 0.25) is 0 Å². The van der Waals surface area contributed by atoms with Crippen LogP contribution in [0.25, 0.3) is 0 Å². The number of hydrogen-bond donors (Lipinski definition) is 3. The third-order valence-corrected chi connectivity index (χ3v) is 4.16. The molecule has 0 amide bonds. The van der Waals surface area contributed by atoms with E-state index in [9.17, 15) is 18.5 Å². The van der Waals surface area contributed by atoms with Crippen molar-refractivity contribution in [2.45, 2.75) is 31.1 Å². The minimum absolute atomic E-state index is 0.0496. The van der Waals surface area contributed by atoms with Gasteiger partial charge < -0.3 is 5.43 Å². The lowest BCUT2D eigenvalue weighted by molar-refractivity contribution is -0.384. The molecule has 0 aliphatic rings. The Morgan fingerprint density at radius 1 is 1.35 bits per heavy atom. The maximum atomic E-state index is 12.0. The Bertz CT molecular complexity index is 574. The number of sulfonamides is 1. The van der Waals surface area contributed by atoms with Crippen molar-refractivity contribution < 1.29 is 13.3 Å². The second kappa shape index (κ2) is 7.17. The topological polar surface area (TPSA) is 127 Å². The van der Waals surface area contributed by atoms with Gasteiger partial charge in [0.25, 0.3) is 5.69 Å². The minimum atomic E-state index is -3.68. The summed E-state index contributed by atoms with van der Waals surface area (Å²) in [6.45, 7) is 2.35. The van der Waals surface area contributed by atoms with E-state index in [2.05, 4.69) is 10.1 Å². The smallest absolute Gasteiger partial charge is 0.293 e. The van der Waals surface area contributed by atoms with E-state index in [-0.39, 0.29) is 16.3 Å². The van der Waals surface area contributed by atoms with Crippen LogP contribution in [-0.2, 0) is 10.0 Å². The molecule has 0 aliphatic carbocycles. The van der Waals surface area contributed by atoms with Gasteiger partial charge in [-0.3, -0.25) is 16.0 Å². The average Bonchev–Trinajstić information content (AvgIpc) is 2.42. The van der Waals surface area contributed by atoms with Crippen LogP contribution in [0, 0.1) is 10.1 Å². The lowest BCUT2D eigenvalue weighted by Crippen LogP contribution is -2.25. The van der Waals surface area contributed by atoms with Crippen LogP contribution in [0.1, 0.15) is 26.2 Å². The van der Waals surface area contributed by atoms with Crippen molar-refractivity contribution in [3.05, 3.63) is 28.3 Å². The van der Waals surface area contributed by atoms with Gasteiger partial charge in [0.15, 0.2) is 0 Å². The van der Waals surface area contributed by atoms with Crippen molar-refractivity contribution in [2.24, 2.45) is 5.84 Å². The van der Waals surface area contributed by atoms with Gasteiger partial charge in [0.2, 0.25) is 10.0 Å². The number of hydrazine groups is 1. The maximum Gasteiger partial charge on any atom is 0.293 e. The van der Waals surface area contributed by atoms with Crippen molar-refractivity contribution in [2.75, 3.05) is 12.0 Å². The molecule has 0 aromatic heterocycles. The number of nitro benzene ring substituents is 1. The molecule has 9 heteroatoms. The van der Waals surface area contributed by atoms with Crippen LogP contribution in [0.3, 0.4) is 0 Å². The number of nitrogens with one attached hydrogen (secondary N) is 2. The second-order valence-electron chi connectivity index (χ2n) is 4.19. The molecule has 0 heterocycles. The van der Waals surface area contributed by atoms with Crippen molar-refractivity contribution in [1.29, 1.82) is 0 Å². The Labute approximate surface area is 117 Å². The molecule has 0 bridgehead atoms. The first-order valence-corrected chi connectivity index (χ1v) is 7.65. The molecule has 0 aliphatic heterocycles. The highest BCUT2D eigenvalue weighted by molar-refractivity contribution is 7.89. The number of anilines is 1. The third-order valence-electron chi connectivity index (χ3n) is 2.70. The van der Waals surface area contributed by atoms with Crippen LogP contribution in [0.5, 0.6) is 0 Å². The number of rotatable bonds is 8. The summed E-state index contributed by atoms with van der Waals surface area (Å²) >= 11 is 0. The molecular weight excluding hydrogens is 284 g/mol. The Kier molecular flexibility index (Phi) is 5.86. The molecule has 112 valence electrons. The summed E-state index contributed by atoms with van der Waals surface area (Å²) in [7, 11) is -3.68. The van der Waals surface area contributed by atoms with Crippen LogP contribution in [-0.4, -0.2) is 19.9 Å². The average molecular weight is 302 g/mol. The quantitative estimate of drug-likeness (QED) is 0.288. The van der Waals surface area contributed by atoms with Crippen LogP contribution in [0.15, 0.2) is 23.1 Å². The van der Waals surface area contributed by atoms with Gasteiger partial charge in [-0.25, -0.2) is 13.1 Å². The number of hydrogen-bond acceptors (Lipinski definition) is 6. The second-order valence-corrected chi connectivity index (χ2v) is 5.95. The highest BCUT2D eigenvalue weighted by Crippen LogP contribution is 2.26. The maximum absolute atomic E-state index is 12.0. The number of benzene rings is 1. The lowest BCUT2D eigenvalue weighted by atomic mass is 10.3. The highest BCUT2D eigenvalue weighted by atomic mass is 32.2. The fraction of sp³-hybridized carbons (Fsp3) is 0.455. The molecular formula is C11H18N4O4S. The zero-order valence-electron chi connectivity index (χ0n) is 11.1. The van der Waals surface area contributed by atoms with E-state index in [1.165, 1.54) is 6.07 Å². The van der Waals surface area contributed by atoms with Crippen molar-refractivity contribution in [1.82, 2.24) is 4.72 Å². The van der Waals surface area contributed by atoms with Crippen molar-refractivity contribution >= 4 is 21.4 Å². The van der Waals surface area contributed by atoms with Gasteiger partial charge in [0, 0.05) is 12.6 Å². The predicted octanol–water partition coefficient (Wildman–Crippen LogP) is 1.35. The van der Waals surface area contributed by atoms with Gasteiger partial charge in [-0.1, -0.05) is 19.8 Å². The molecule has 4 N–H and O–H groups in total. The van der Waals surface area contributed by atoms with Crippen LogP contribution >= 0.6 is 0 Å². The van der Waals surface area contributed by atoms with Crippen LogP contribution < -0.4 is 16.0 Å². The Morgan fingerprint density at radius 2 is 2.05 bits per heavy atom. The standard InChI is InChI=1S/C11H18N4O4S/c1-2-3-4-7-13-20(18,19)9-5-6-11(15(16)17)10(8-9)14-12/h5-6,8,13-14H,2-4,7,12H2,1H3. The Morgan fingerprint density at radius 3 is 2.60 bits per heavy atom. The van der Waals surface area contributed by atoms with E-state index in [0.29, 0.717) is 6.54 Å². The van der Waals surface area contributed by atoms with Gasteiger partial charge in [0.05, 0.1) is 9.82 Å². The van der Waals surface area contributed by atoms with Gasteiger partial charge in [-0.05, 0) is 18.6 Å². The Balaban J connectivity index is 2.93. The first-order chi connectivity index (χ1) is 9.42. The highest BCUT2D eigenvalue weighted by Gasteiger charge is 2.19. The van der Waals surface area contributed by atoms with E-state index in [1.54, 1.807) is 0 Å². The molecule has 0 saturated heterocycles. The summed E-state index contributed by atoms with van der Waals surface area (Å²) in [5, 5.41) is 10.7. The number of nitro groups is 1. The van der Waals surface area contributed by atoms with E-state index >= 15 is 0 Å². The molecule has 0 spiro atoms. The molecule has 0 radical (unpaired) electrons. The fourth-order valence-corrected chi connectivity index (χ4v) is 2.72. The van der Waals surface area contributed by atoms with E-state index in [4.69, 9.17) is 5.84 Å². The molecule has 8 nitrogen and oxygen atoms in total. The van der Waals surface area contributed by atoms with Crippen molar-refractivity contribution in [3.8, 4) is 0 Å². The minimum Gasteiger partial charge on any atom is -0.318 e. The predicted molar refractivity (Wildman–Crippen MR) is 75.6 cm³/mol. The summed E-state index contributed by atoms with van der Waals surface area (Å²) in [6, 6.07) is 3.43. The van der Waals surface area contributed by atoms with Crippen LogP contribution in [0.4, 0.5) is 11.4 Å². The van der Waals surface area contributed by atoms with E-state index < -0.39 is 14.9 Å². The summed E-state index contributed by atoms with van der Waals surface area (Å²) in [4.78, 5) is 10.0. The molecule has 1 aromatic rings. The molecule has 0 fully saturated rings. The molecule has 0 saturated carbocycles. The summed E-state index contributed by atoms with van der Waals surface area (Å²) in [6.07, 6.45) is 2.66. The SMILES string of the molecule is CCCCCNS(=O)(=O)c1ccc([N+](=O)[O-])c(NN)c1. The van der Waals surface area contributed by atoms with Gasteiger partial charge in [-0.15, -0.1) is 0 Å². The molecule has 20 heavy (non-hydrogen) atoms. The normalized spacial score (nSPS) is 11.3.